The SMILES string of the molecule is COc1ccc(S(=O)(=O)[C@H]2CS(=O)(=O)C[C@@H]2NCC(c2ccco2)N2CCOCC2)cc1. The summed E-state index contributed by atoms with van der Waals surface area (Å²) in [5.74, 6) is 0.655. The molecule has 0 aliphatic carbocycles. The fourth-order valence-corrected chi connectivity index (χ4v) is 9.01. The zero-order chi connectivity index (χ0) is 22.8. The highest BCUT2D eigenvalue weighted by atomic mass is 32.2. The van der Waals surface area contributed by atoms with Crippen LogP contribution in [-0.2, 0) is 24.4 Å². The second-order valence-corrected chi connectivity index (χ2v) is 12.4. The molecule has 0 amide bonds. The van der Waals surface area contributed by atoms with E-state index in [1.54, 1.807) is 24.5 Å². The van der Waals surface area contributed by atoms with E-state index in [1.165, 1.54) is 19.2 Å². The van der Waals surface area contributed by atoms with Crippen molar-refractivity contribution in [2.75, 3.05) is 51.5 Å². The Morgan fingerprint density at radius 2 is 1.88 bits per heavy atom. The number of methoxy groups -OCH3 is 1. The van der Waals surface area contributed by atoms with E-state index in [2.05, 4.69) is 10.2 Å². The third-order valence-corrected chi connectivity index (χ3v) is 10.2. The van der Waals surface area contributed by atoms with Crippen LogP contribution < -0.4 is 10.1 Å². The number of furan rings is 1. The Balaban J connectivity index is 1.55. The van der Waals surface area contributed by atoms with Gasteiger partial charge in [0.2, 0.25) is 0 Å². The zero-order valence-corrected chi connectivity index (χ0v) is 19.5. The molecule has 3 atom stereocenters. The largest absolute Gasteiger partial charge is 0.497 e. The molecule has 176 valence electrons. The van der Waals surface area contributed by atoms with Crippen molar-refractivity contribution in [2.24, 2.45) is 0 Å². The van der Waals surface area contributed by atoms with Gasteiger partial charge in [-0.3, -0.25) is 4.90 Å². The fraction of sp³-hybridized carbons (Fsp3) is 0.524. The molecule has 0 bridgehead atoms. The van der Waals surface area contributed by atoms with Gasteiger partial charge in [-0.2, -0.15) is 0 Å². The van der Waals surface area contributed by atoms with Crippen LogP contribution in [0.5, 0.6) is 5.75 Å². The predicted octanol–water partition coefficient (Wildman–Crippen LogP) is 0.891. The quantitative estimate of drug-likeness (QED) is 0.583. The molecule has 9 nitrogen and oxygen atoms in total. The highest BCUT2D eigenvalue weighted by molar-refractivity contribution is 7.96. The first-order valence-corrected chi connectivity index (χ1v) is 13.8. The van der Waals surface area contributed by atoms with Crippen LogP contribution >= 0.6 is 0 Å². The van der Waals surface area contributed by atoms with Crippen molar-refractivity contribution in [3.05, 3.63) is 48.4 Å². The predicted molar refractivity (Wildman–Crippen MR) is 118 cm³/mol. The number of sulfone groups is 2. The van der Waals surface area contributed by atoms with Crippen LogP contribution in [0.1, 0.15) is 11.8 Å². The van der Waals surface area contributed by atoms with E-state index in [9.17, 15) is 16.8 Å². The van der Waals surface area contributed by atoms with Crippen molar-refractivity contribution in [2.45, 2.75) is 22.2 Å². The zero-order valence-electron chi connectivity index (χ0n) is 17.8. The molecule has 2 aliphatic rings. The minimum absolute atomic E-state index is 0.0861. The molecule has 0 radical (unpaired) electrons. The topological polar surface area (TPSA) is 115 Å². The number of nitrogens with zero attached hydrogens (tertiary/aromatic N) is 1. The average Bonchev–Trinajstić information content (AvgIpc) is 3.43. The summed E-state index contributed by atoms with van der Waals surface area (Å²) in [7, 11) is -5.87. The first kappa shape index (κ1) is 23.2. The van der Waals surface area contributed by atoms with E-state index in [0.717, 1.165) is 5.76 Å². The Kier molecular flexibility index (Phi) is 6.91. The van der Waals surface area contributed by atoms with Gasteiger partial charge in [0.15, 0.2) is 19.7 Å². The lowest BCUT2D eigenvalue weighted by atomic mass is 10.1. The standard InChI is InChI=1S/C21H28N2O7S2/c1-28-16-4-6-17(7-5-16)32(26,27)21-15-31(24,25)14-18(21)22-13-19(20-3-2-10-30-20)23-8-11-29-12-9-23/h2-7,10,18-19,21-22H,8-9,11-15H2,1H3/t18-,19?,21-/m0/s1. The Morgan fingerprint density at radius 1 is 1.16 bits per heavy atom. The highest BCUT2D eigenvalue weighted by Crippen LogP contribution is 2.28. The lowest BCUT2D eigenvalue weighted by Gasteiger charge is -2.34. The van der Waals surface area contributed by atoms with Crippen LogP contribution in [0.25, 0.3) is 0 Å². The molecule has 0 spiro atoms. The van der Waals surface area contributed by atoms with Crippen LogP contribution in [0.2, 0.25) is 0 Å². The van der Waals surface area contributed by atoms with Gasteiger partial charge in [-0.15, -0.1) is 0 Å². The number of morpholine rings is 1. The third-order valence-electron chi connectivity index (χ3n) is 6.02. The molecule has 1 aromatic heterocycles. The first-order chi connectivity index (χ1) is 15.3. The molecule has 11 heteroatoms. The van der Waals surface area contributed by atoms with E-state index in [-0.39, 0.29) is 16.7 Å². The van der Waals surface area contributed by atoms with E-state index in [1.807, 2.05) is 6.07 Å². The second-order valence-electron chi connectivity index (χ2n) is 8.03. The third kappa shape index (κ3) is 5.01. The van der Waals surface area contributed by atoms with Gasteiger partial charge in [-0.1, -0.05) is 0 Å². The first-order valence-electron chi connectivity index (χ1n) is 10.5. The lowest BCUT2D eigenvalue weighted by Crippen LogP contribution is -2.48. The van der Waals surface area contributed by atoms with Crippen LogP contribution in [0.4, 0.5) is 0 Å². The molecule has 3 heterocycles. The molecule has 2 fully saturated rings. The van der Waals surface area contributed by atoms with Gasteiger partial charge in [-0.05, 0) is 36.4 Å². The Hall–Kier alpha value is -1.92. The molecule has 2 aromatic rings. The van der Waals surface area contributed by atoms with E-state index >= 15 is 0 Å². The molecule has 1 aromatic carbocycles. The number of hydrogen-bond donors (Lipinski definition) is 1. The maximum atomic E-state index is 13.3. The summed E-state index contributed by atoms with van der Waals surface area (Å²) >= 11 is 0. The maximum absolute atomic E-state index is 13.3. The minimum Gasteiger partial charge on any atom is -0.497 e. The molecule has 1 N–H and O–H groups in total. The van der Waals surface area contributed by atoms with Gasteiger partial charge in [0.25, 0.3) is 0 Å². The summed E-state index contributed by atoms with van der Waals surface area (Å²) in [6, 6.07) is 8.84. The van der Waals surface area contributed by atoms with Gasteiger partial charge in [0.05, 0.1) is 54.3 Å². The summed E-state index contributed by atoms with van der Waals surface area (Å²) in [6.07, 6.45) is 1.60. The molecule has 0 saturated carbocycles. The summed E-state index contributed by atoms with van der Waals surface area (Å²) in [5, 5.41) is 2.18. The van der Waals surface area contributed by atoms with E-state index < -0.39 is 36.7 Å². The van der Waals surface area contributed by atoms with Gasteiger partial charge >= 0.3 is 0 Å². The molecular weight excluding hydrogens is 456 g/mol. The van der Waals surface area contributed by atoms with Gasteiger partial charge in [0, 0.05) is 25.7 Å². The molecule has 2 aliphatic heterocycles. The monoisotopic (exact) mass is 484 g/mol. The summed E-state index contributed by atoms with van der Waals surface area (Å²) in [5.41, 5.74) is 0. The summed E-state index contributed by atoms with van der Waals surface area (Å²) in [4.78, 5) is 2.29. The Bertz CT molecular complexity index is 1090. The Labute approximate surface area is 188 Å². The van der Waals surface area contributed by atoms with Crippen molar-refractivity contribution >= 4 is 19.7 Å². The van der Waals surface area contributed by atoms with Gasteiger partial charge in [0.1, 0.15) is 11.5 Å². The summed E-state index contributed by atoms with van der Waals surface area (Å²) in [6.45, 7) is 2.99. The van der Waals surface area contributed by atoms with Gasteiger partial charge in [-0.25, -0.2) is 16.8 Å². The molecule has 4 rings (SSSR count). The van der Waals surface area contributed by atoms with Crippen molar-refractivity contribution in [3.63, 3.8) is 0 Å². The molecule has 32 heavy (non-hydrogen) atoms. The van der Waals surface area contributed by atoms with Crippen molar-refractivity contribution in [1.82, 2.24) is 10.2 Å². The smallest absolute Gasteiger partial charge is 0.183 e. The Morgan fingerprint density at radius 3 is 2.50 bits per heavy atom. The van der Waals surface area contributed by atoms with Crippen LogP contribution in [-0.4, -0.2) is 84.5 Å². The number of nitrogens with one attached hydrogen (secondary N) is 1. The van der Waals surface area contributed by atoms with E-state index in [0.29, 0.717) is 38.6 Å². The maximum Gasteiger partial charge on any atom is 0.183 e. The number of benzene rings is 1. The fourth-order valence-electron chi connectivity index (χ4n) is 4.29. The normalized spacial score (nSPS) is 24.9. The average molecular weight is 485 g/mol. The minimum atomic E-state index is -3.86. The van der Waals surface area contributed by atoms with Gasteiger partial charge < -0.3 is 19.2 Å². The number of ether oxygens (including phenoxy) is 2. The van der Waals surface area contributed by atoms with Crippen LogP contribution in [0, 0.1) is 0 Å². The molecular formula is C21H28N2O7S2. The number of hydrogen-bond acceptors (Lipinski definition) is 9. The van der Waals surface area contributed by atoms with Crippen molar-refractivity contribution in [3.8, 4) is 5.75 Å². The van der Waals surface area contributed by atoms with Crippen molar-refractivity contribution < 1.29 is 30.7 Å². The lowest BCUT2D eigenvalue weighted by molar-refractivity contribution is 0.0113. The molecule has 2 saturated heterocycles. The summed E-state index contributed by atoms with van der Waals surface area (Å²) < 4.78 is 67.7. The molecule has 1 unspecified atom stereocenters. The number of rotatable bonds is 8. The highest BCUT2D eigenvalue weighted by Gasteiger charge is 2.46. The van der Waals surface area contributed by atoms with Crippen LogP contribution in [0.15, 0.2) is 52.0 Å². The van der Waals surface area contributed by atoms with Crippen LogP contribution in [0.3, 0.4) is 0 Å². The van der Waals surface area contributed by atoms with E-state index in [4.69, 9.17) is 13.9 Å². The second kappa shape index (κ2) is 9.52. The van der Waals surface area contributed by atoms with Crippen molar-refractivity contribution in [1.29, 1.82) is 0 Å².